The summed E-state index contributed by atoms with van der Waals surface area (Å²) < 4.78 is 24.8. The normalized spacial score (nSPS) is 10.4. The van der Waals surface area contributed by atoms with Crippen LogP contribution < -0.4 is 20.7 Å². The first-order valence-electron chi connectivity index (χ1n) is 10.3. The zero-order valence-corrected chi connectivity index (χ0v) is 18.4. The number of carbonyl (C=O) groups excluding carboxylic acids is 1. The highest BCUT2D eigenvalue weighted by atomic mass is 19.1. The smallest absolute Gasteiger partial charge is 0.303 e. The van der Waals surface area contributed by atoms with E-state index in [2.05, 4.69) is 25.9 Å². The predicted molar refractivity (Wildman–Crippen MR) is 124 cm³/mol. The Labute approximate surface area is 195 Å². The molecule has 4 N–H and O–H groups in total. The molecule has 3 aromatic rings. The van der Waals surface area contributed by atoms with Crippen molar-refractivity contribution in [3.05, 3.63) is 60.5 Å². The molecule has 0 fully saturated rings. The van der Waals surface area contributed by atoms with E-state index >= 15 is 0 Å². The van der Waals surface area contributed by atoms with Gasteiger partial charge in [0.2, 0.25) is 11.9 Å². The number of amides is 1. The van der Waals surface area contributed by atoms with Gasteiger partial charge in [0.05, 0.1) is 19.2 Å². The number of nitrogens with one attached hydrogen (secondary N) is 3. The molecule has 0 unspecified atom stereocenters. The van der Waals surface area contributed by atoms with Crippen molar-refractivity contribution in [3.8, 4) is 5.75 Å². The number of nitrogens with zero attached hydrogens (tertiary/aromatic N) is 2. The molecule has 1 aromatic heterocycles. The minimum atomic E-state index is -1.06. The second-order valence-electron chi connectivity index (χ2n) is 7.03. The molecule has 178 valence electrons. The molecule has 0 aliphatic carbocycles. The number of carboxylic acid groups (broad SMARTS) is 1. The summed E-state index contributed by atoms with van der Waals surface area (Å²) in [5.74, 6) is -1.36. The van der Waals surface area contributed by atoms with E-state index in [9.17, 15) is 14.0 Å². The van der Waals surface area contributed by atoms with E-state index in [4.69, 9.17) is 14.6 Å². The molecule has 0 bridgehead atoms. The number of benzene rings is 2. The second-order valence-corrected chi connectivity index (χ2v) is 7.03. The van der Waals surface area contributed by atoms with Crippen molar-refractivity contribution in [3.63, 3.8) is 0 Å². The van der Waals surface area contributed by atoms with Gasteiger partial charge in [-0.15, -0.1) is 0 Å². The molecule has 2 aromatic carbocycles. The highest BCUT2D eigenvalue weighted by Gasteiger charge is 2.10. The SMILES string of the molecule is COCCOc1ccc(Nc2ncc(F)c(Nc3cccc(NC(=O)CCC(=O)O)c3)n2)cc1. The molecule has 34 heavy (non-hydrogen) atoms. The van der Waals surface area contributed by atoms with E-state index in [0.29, 0.717) is 36.0 Å². The lowest BCUT2D eigenvalue weighted by Crippen LogP contribution is -2.13. The number of halogens is 1. The molecule has 0 saturated heterocycles. The van der Waals surface area contributed by atoms with E-state index in [1.54, 1.807) is 55.6 Å². The Kier molecular flexibility index (Phi) is 8.69. The van der Waals surface area contributed by atoms with Crippen LogP contribution in [0, 0.1) is 5.82 Å². The number of carboxylic acids is 1. The van der Waals surface area contributed by atoms with Crippen molar-refractivity contribution in [2.75, 3.05) is 36.3 Å². The largest absolute Gasteiger partial charge is 0.491 e. The number of carbonyl (C=O) groups is 2. The predicted octanol–water partition coefficient (Wildman–Crippen LogP) is 3.93. The number of hydrogen-bond acceptors (Lipinski definition) is 8. The number of hydrogen-bond donors (Lipinski definition) is 4. The molecule has 0 aliphatic rings. The number of aromatic nitrogens is 2. The Morgan fingerprint density at radius 3 is 2.50 bits per heavy atom. The molecule has 0 atom stereocenters. The first-order valence-corrected chi connectivity index (χ1v) is 10.3. The first-order chi connectivity index (χ1) is 16.4. The van der Waals surface area contributed by atoms with Gasteiger partial charge in [0.25, 0.3) is 0 Å². The summed E-state index contributed by atoms with van der Waals surface area (Å²) in [5, 5.41) is 17.1. The van der Waals surface area contributed by atoms with Crippen LogP contribution in [0.2, 0.25) is 0 Å². The summed E-state index contributed by atoms with van der Waals surface area (Å²) in [7, 11) is 1.60. The lowest BCUT2D eigenvalue weighted by atomic mass is 10.2. The van der Waals surface area contributed by atoms with Gasteiger partial charge in [-0.25, -0.2) is 9.37 Å². The third kappa shape index (κ3) is 7.71. The van der Waals surface area contributed by atoms with Gasteiger partial charge in [-0.2, -0.15) is 4.98 Å². The van der Waals surface area contributed by atoms with Crippen LogP contribution >= 0.6 is 0 Å². The summed E-state index contributed by atoms with van der Waals surface area (Å²) in [4.78, 5) is 30.6. The topological polar surface area (TPSA) is 135 Å². The molecule has 11 heteroatoms. The summed E-state index contributed by atoms with van der Waals surface area (Å²) >= 11 is 0. The van der Waals surface area contributed by atoms with Crippen LogP contribution in [0.1, 0.15) is 12.8 Å². The van der Waals surface area contributed by atoms with E-state index in [-0.39, 0.29) is 24.6 Å². The Balaban J connectivity index is 1.64. The molecule has 0 aliphatic heterocycles. The molecule has 0 spiro atoms. The molecule has 10 nitrogen and oxygen atoms in total. The highest BCUT2D eigenvalue weighted by Crippen LogP contribution is 2.23. The monoisotopic (exact) mass is 469 g/mol. The van der Waals surface area contributed by atoms with Gasteiger partial charge in [0, 0.05) is 30.6 Å². The zero-order chi connectivity index (χ0) is 24.3. The van der Waals surface area contributed by atoms with E-state index < -0.39 is 17.7 Å². The Hall–Kier alpha value is -4.25. The van der Waals surface area contributed by atoms with Crippen LogP contribution in [-0.4, -0.2) is 47.3 Å². The Morgan fingerprint density at radius 2 is 1.76 bits per heavy atom. The van der Waals surface area contributed by atoms with Crippen molar-refractivity contribution in [1.29, 1.82) is 0 Å². The van der Waals surface area contributed by atoms with Crippen molar-refractivity contribution in [2.24, 2.45) is 0 Å². The number of rotatable bonds is 12. The van der Waals surface area contributed by atoms with Crippen LogP contribution in [0.15, 0.2) is 54.7 Å². The summed E-state index contributed by atoms with van der Waals surface area (Å²) in [6.07, 6.45) is 0.621. The van der Waals surface area contributed by atoms with Gasteiger partial charge >= 0.3 is 5.97 Å². The quantitative estimate of drug-likeness (QED) is 0.291. The second kappa shape index (κ2) is 12.1. The van der Waals surface area contributed by atoms with Crippen molar-refractivity contribution < 1.29 is 28.6 Å². The minimum absolute atomic E-state index is 0.0635. The number of aliphatic carboxylic acids is 1. The average molecular weight is 469 g/mol. The first kappa shape index (κ1) is 24.4. The molecule has 3 rings (SSSR count). The van der Waals surface area contributed by atoms with Crippen molar-refractivity contribution >= 4 is 40.7 Å². The van der Waals surface area contributed by atoms with Gasteiger partial charge in [0.1, 0.15) is 12.4 Å². The fourth-order valence-electron chi connectivity index (χ4n) is 2.78. The highest BCUT2D eigenvalue weighted by molar-refractivity contribution is 5.92. The fraction of sp³-hybridized carbons (Fsp3) is 0.217. The standard InChI is InChI=1S/C23H24FN5O5/c1-33-11-12-34-18-7-5-15(6-8-18)28-23-25-14-19(24)22(29-23)27-17-4-2-3-16(13-17)26-20(30)9-10-21(31)32/h2-8,13-14H,9-12H2,1H3,(H,26,30)(H,31,32)(H2,25,27,28,29). The lowest BCUT2D eigenvalue weighted by molar-refractivity contribution is -0.138. The summed E-state index contributed by atoms with van der Waals surface area (Å²) in [5.41, 5.74) is 1.58. The summed E-state index contributed by atoms with van der Waals surface area (Å²) in [6, 6.07) is 13.6. The van der Waals surface area contributed by atoms with E-state index in [1.807, 2.05) is 0 Å². The molecule has 0 radical (unpaired) electrons. The van der Waals surface area contributed by atoms with Gasteiger partial charge in [-0.1, -0.05) is 6.07 Å². The maximum atomic E-state index is 14.3. The van der Waals surface area contributed by atoms with Gasteiger partial charge < -0.3 is 30.5 Å². The average Bonchev–Trinajstić information content (AvgIpc) is 2.81. The van der Waals surface area contributed by atoms with Crippen LogP contribution in [0.4, 0.5) is 33.2 Å². The van der Waals surface area contributed by atoms with Gasteiger partial charge in [-0.3, -0.25) is 9.59 Å². The maximum Gasteiger partial charge on any atom is 0.303 e. The fourth-order valence-corrected chi connectivity index (χ4v) is 2.78. The Bertz CT molecular complexity index is 1130. The number of anilines is 5. The minimum Gasteiger partial charge on any atom is -0.491 e. The number of ether oxygens (including phenoxy) is 2. The van der Waals surface area contributed by atoms with Gasteiger partial charge in [0.15, 0.2) is 11.6 Å². The van der Waals surface area contributed by atoms with Crippen molar-refractivity contribution in [2.45, 2.75) is 12.8 Å². The third-order valence-electron chi connectivity index (χ3n) is 4.39. The zero-order valence-electron chi connectivity index (χ0n) is 18.4. The molecular formula is C23H24FN5O5. The van der Waals surface area contributed by atoms with Crippen LogP contribution in [-0.2, 0) is 14.3 Å². The summed E-state index contributed by atoms with van der Waals surface area (Å²) in [6.45, 7) is 0.922. The Morgan fingerprint density at radius 1 is 1.00 bits per heavy atom. The third-order valence-corrected chi connectivity index (χ3v) is 4.39. The van der Waals surface area contributed by atoms with E-state index in [0.717, 1.165) is 6.20 Å². The van der Waals surface area contributed by atoms with Crippen molar-refractivity contribution in [1.82, 2.24) is 9.97 Å². The van der Waals surface area contributed by atoms with Crippen LogP contribution in [0.25, 0.3) is 0 Å². The van der Waals surface area contributed by atoms with Gasteiger partial charge in [-0.05, 0) is 42.5 Å². The van der Waals surface area contributed by atoms with E-state index in [1.165, 1.54) is 0 Å². The molecule has 1 heterocycles. The lowest BCUT2D eigenvalue weighted by Gasteiger charge is -2.11. The van der Waals surface area contributed by atoms with Crippen LogP contribution in [0.3, 0.4) is 0 Å². The molecule has 0 saturated carbocycles. The molecule has 1 amide bonds. The molecular weight excluding hydrogens is 445 g/mol. The maximum absolute atomic E-state index is 14.3. The number of methoxy groups -OCH3 is 1. The van der Waals surface area contributed by atoms with Crippen LogP contribution in [0.5, 0.6) is 5.75 Å².